The Bertz CT molecular complexity index is 438. The van der Waals surface area contributed by atoms with Crippen molar-refractivity contribution in [1.29, 1.82) is 0 Å². The Kier molecular flexibility index (Phi) is 1.47. The number of aryl methyl sites for hydroxylation is 1. The third-order valence-corrected chi connectivity index (χ3v) is 1.75. The summed E-state index contributed by atoms with van der Waals surface area (Å²) in [5.74, 6) is 0. The highest BCUT2D eigenvalue weighted by molar-refractivity contribution is 6.33. The fourth-order valence-corrected chi connectivity index (χ4v) is 1.15. The molecule has 0 saturated carbocycles. The zero-order chi connectivity index (χ0) is 8.72. The molecule has 2 aromatic rings. The van der Waals surface area contributed by atoms with Gasteiger partial charge in [-0.3, -0.25) is 0 Å². The van der Waals surface area contributed by atoms with Gasteiger partial charge in [-0.15, -0.1) is 0 Å². The molecular formula is C6H4ClFN4. The van der Waals surface area contributed by atoms with Gasteiger partial charge in [0.1, 0.15) is 5.52 Å². The topological polar surface area (TPSA) is 43.6 Å². The number of nitrogens with zero attached hydrogens (tertiary/aromatic N) is 4. The summed E-state index contributed by atoms with van der Waals surface area (Å²) in [6.45, 7) is 0. The van der Waals surface area contributed by atoms with Crippen LogP contribution in [0.1, 0.15) is 0 Å². The van der Waals surface area contributed by atoms with Gasteiger partial charge in [-0.2, -0.15) is 14.4 Å². The average molecular weight is 187 g/mol. The summed E-state index contributed by atoms with van der Waals surface area (Å²) in [6, 6.07) is 0. The van der Waals surface area contributed by atoms with Crippen LogP contribution in [0, 0.1) is 6.08 Å². The Labute approximate surface area is 72.0 Å². The lowest BCUT2D eigenvalue weighted by Crippen LogP contribution is -1.94. The van der Waals surface area contributed by atoms with Crippen LogP contribution in [0.25, 0.3) is 11.2 Å². The van der Waals surface area contributed by atoms with Crippen molar-refractivity contribution in [2.45, 2.75) is 0 Å². The molecule has 0 bridgehead atoms. The SMILES string of the molecule is Cn1cnc2c(Cl)nc(F)nc21. The number of hydrogen-bond donors (Lipinski definition) is 0. The van der Waals surface area contributed by atoms with E-state index in [1.54, 1.807) is 11.6 Å². The van der Waals surface area contributed by atoms with Crippen molar-refractivity contribution in [1.82, 2.24) is 19.5 Å². The molecule has 12 heavy (non-hydrogen) atoms. The molecule has 0 aromatic carbocycles. The number of imidazole rings is 1. The standard InChI is InChI=1S/C6H4ClFN4/c1-12-2-9-3-4(7)10-6(8)11-5(3)12/h2H,1H3. The lowest BCUT2D eigenvalue weighted by Gasteiger charge is -1.93. The molecule has 0 amide bonds. The number of fused-ring (bicyclic) bond motifs is 1. The molecule has 0 aliphatic rings. The zero-order valence-electron chi connectivity index (χ0n) is 6.12. The Hall–Kier alpha value is -1.23. The maximum absolute atomic E-state index is 12.6. The molecule has 2 aromatic heterocycles. The van der Waals surface area contributed by atoms with Crippen LogP contribution in [0.2, 0.25) is 5.15 Å². The average Bonchev–Trinajstić information content (AvgIpc) is 2.33. The second-order valence-corrected chi connectivity index (χ2v) is 2.67. The van der Waals surface area contributed by atoms with Gasteiger partial charge in [0.05, 0.1) is 6.33 Å². The van der Waals surface area contributed by atoms with E-state index in [9.17, 15) is 4.39 Å². The van der Waals surface area contributed by atoms with Gasteiger partial charge >= 0.3 is 6.08 Å². The van der Waals surface area contributed by atoms with E-state index in [0.717, 1.165) is 0 Å². The smallest absolute Gasteiger partial charge is 0.312 e. The first-order valence-electron chi connectivity index (χ1n) is 3.18. The molecule has 0 unspecified atom stereocenters. The number of aromatic nitrogens is 4. The van der Waals surface area contributed by atoms with Crippen LogP contribution in [0.5, 0.6) is 0 Å². The minimum Gasteiger partial charge on any atom is -0.318 e. The molecule has 4 nitrogen and oxygen atoms in total. The number of halogens is 2. The molecule has 2 rings (SSSR count). The van der Waals surface area contributed by atoms with Crippen molar-refractivity contribution >= 4 is 22.8 Å². The third kappa shape index (κ3) is 0.937. The van der Waals surface area contributed by atoms with Crippen LogP contribution in [-0.4, -0.2) is 19.5 Å². The van der Waals surface area contributed by atoms with E-state index >= 15 is 0 Å². The van der Waals surface area contributed by atoms with Gasteiger partial charge < -0.3 is 4.57 Å². The molecule has 0 atom stereocenters. The fraction of sp³-hybridized carbons (Fsp3) is 0.167. The first kappa shape index (κ1) is 7.42. The summed E-state index contributed by atoms with van der Waals surface area (Å²) >= 11 is 5.61. The highest BCUT2D eigenvalue weighted by Gasteiger charge is 2.08. The number of rotatable bonds is 0. The first-order chi connectivity index (χ1) is 5.68. The van der Waals surface area contributed by atoms with Crippen molar-refractivity contribution in [2.24, 2.45) is 7.05 Å². The summed E-state index contributed by atoms with van der Waals surface area (Å²) < 4.78 is 14.2. The van der Waals surface area contributed by atoms with Gasteiger partial charge in [-0.1, -0.05) is 11.6 Å². The Morgan fingerprint density at radius 1 is 1.50 bits per heavy atom. The predicted molar refractivity (Wildman–Crippen MR) is 41.3 cm³/mol. The maximum atomic E-state index is 12.6. The van der Waals surface area contributed by atoms with Crippen molar-refractivity contribution in [2.75, 3.05) is 0 Å². The monoisotopic (exact) mass is 186 g/mol. The van der Waals surface area contributed by atoms with E-state index in [0.29, 0.717) is 11.2 Å². The maximum Gasteiger partial charge on any atom is 0.312 e. The molecule has 0 radical (unpaired) electrons. The van der Waals surface area contributed by atoms with E-state index in [4.69, 9.17) is 11.6 Å². The summed E-state index contributed by atoms with van der Waals surface area (Å²) in [4.78, 5) is 10.8. The summed E-state index contributed by atoms with van der Waals surface area (Å²) in [6.07, 6.45) is 0.668. The second kappa shape index (κ2) is 2.38. The molecule has 0 aliphatic heterocycles. The molecule has 6 heteroatoms. The van der Waals surface area contributed by atoms with Crippen molar-refractivity contribution in [3.8, 4) is 0 Å². The van der Waals surface area contributed by atoms with Crippen molar-refractivity contribution < 1.29 is 4.39 Å². The largest absolute Gasteiger partial charge is 0.318 e. The Balaban J connectivity index is 2.92. The summed E-state index contributed by atoms with van der Waals surface area (Å²) in [5, 5.41) is 0.0399. The predicted octanol–water partition coefficient (Wildman–Crippen LogP) is 1.16. The quantitative estimate of drug-likeness (QED) is 0.458. The molecule has 62 valence electrons. The normalized spacial score (nSPS) is 10.9. The van der Waals surface area contributed by atoms with Crippen LogP contribution < -0.4 is 0 Å². The van der Waals surface area contributed by atoms with E-state index in [1.165, 1.54) is 6.33 Å². The molecule has 2 heterocycles. The van der Waals surface area contributed by atoms with Gasteiger partial charge in [-0.05, 0) is 0 Å². The summed E-state index contributed by atoms with van der Waals surface area (Å²) in [5.41, 5.74) is 0.813. The van der Waals surface area contributed by atoms with Crippen LogP contribution in [0.3, 0.4) is 0 Å². The zero-order valence-corrected chi connectivity index (χ0v) is 6.88. The molecule has 0 saturated heterocycles. The van der Waals surface area contributed by atoms with Crippen LogP contribution in [0.15, 0.2) is 6.33 Å². The van der Waals surface area contributed by atoms with Gasteiger partial charge in [0.15, 0.2) is 10.8 Å². The molecule has 0 fully saturated rings. The highest BCUT2D eigenvalue weighted by atomic mass is 35.5. The molecule has 0 spiro atoms. The van der Waals surface area contributed by atoms with Crippen LogP contribution in [-0.2, 0) is 7.05 Å². The Morgan fingerprint density at radius 3 is 3.00 bits per heavy atom. The van der Waals surface area contributed by atoms with Gasteiger partial charge in [0, 0.05) is 7.05 Å². The lowest BCUT2D eigenvalue weighted by molar-refractivity contribution is 0.542. The first-order valence-corrected chi connectivity index (χ1v) is 3.56. The Morgan fingerprint density at radius 2 is 2.25 bits per heavy atom. The lowest BCUT2D eigenvalue weighted by atomic mass is 10.5. The minimum absolute atomic E-state index is 0.0399. The highest BCUT2D eigenvalue weighted by Crippen LogP contribution is 2.16. The van der Waals surface area contributed by atoms with Crippen LogP contribution in [0.4, 0.5) is 4.39 Å². The third-order valence-electron chi connectivity index (χ3n) is 1.49. The van der Waals surface area contributed by atoms with Crippen molar-refractivity contribution in [3.63, 3.8) is 0 Å². The van der Waals surface area contributed by atoms with Gasteiger partial charge in [0.2, 0.25) is 0 Å². The van der Waals surface area contributed by atoms with Gasteiger partial charge in [0.25, 0.3) is 0 Å². The van der Waals surface area contributed by atoms with Crippen molar-refractivity contribution in [3.05, 3.63) is 17.6 Å². The van der Waals surface area contributed by atoms with E-state index in [2.05, 4.69) is 15.0 Å². The van der Waals surface area contributed by atoms with E-state index in [1.807, 2.05) is 0 Å². The fourth-order valence-electron chi connectivity index (χ4n) is 0.947. The minimum atomic E-state index is -0.837. The van der Waals surface area contributed by atoms with E-state index in [-0.39, 0.29) is 5.15 Å². The summed E-state index contributed by atoms with van der Waals surface area (Å²) in [7, 11) is 1.71. The van der Waals surface area contributed by atoms with Crippen LogP contribution >= 0.6 is 11.6 Å². The second-order valence-electron chi connectivity index (χ2n) is 2.31. The molecular weight excluding hydrogens is 183 g/mol. The number of hydrogen-bond acceptors (Lipinski definition) is 3. The van der Waals surface area contributed by atoms with E-state index < -0.39 is 6.08 Å². The van der Waals surface area contributed by atoms with Gasteiger partial charge in [-0.25, -0.2) is 4.98 Å². The molecule has 0 N–H and O–H groups in total. The molecule has 0 aliphatic carbocycles.